The summed E-state index contributed by atoms with van der Waals surface area (Å²) in [5.74, 6) is -0.174. The zero-order chi connectivity index (χ0) is 12.1. The third-order valence-corrected chi connectivity index (χ3v) is 3.06. The van der Waals surface area contributed by atoms with Gasteiger partial charge in [-0.2, -0.15) is 0 Å². The molecule has 0 aliphatic rings. The van der Waals surface area contributed by atoms with E-state index in [0.717, 1.165) is 10.7 Å². The topological polar surface area (TPSA) is 42.4 Å². The van der Waals surface area contributed by atoms with Gasteiger partial charge in [0.05, 0.1) is 29.8 Å². The fraction of sp³-hybridized carbons (Fsp3) is 0.636. The molecule has 1 aromatic heterocycles. The van der Waals surface area contributed by atoms with Gasteiger partial charge in [0, 0.05) is 5.38 Å². The van der Waals surface area contributed by atoms with E-state index in [1.807, 2.05) is 38.2 Å². The van der Waals surface area contributed by atoms with Crippen LogP contribution in [0.1, 0.15) is 30.1 Å². The van der Waals surface area contributed by atoms with Crippen molar-refractivity contribution in [3.8, 4) is 0 Å². The Morgan fingerprint density at radius 1 is 1.62 bits per heavy atom. The van der Waals surface area contributed by atoms with Gasteiger partial charge >= 0.3 is 5.97 Å². The number of aryl methyl sites for hydroxylation is 1. The summed E-state index contributed by atoms with van der Waals surface area (Å²) in [5, 5.41) is 3.02. The van der Waals surface area contributed by atoms with E-state index in [9.17, 15) is 4.79 Å². The molecular formula is C11H18N2O2S. The van der Waals surface area contributed by atoms with Crippen molar-refractivity contribution in [2.24, 2.45) is 0 Å². The number of carbonyl (C=O) groups excluding carboxylic acids is 1. The van der Waals surface area contributed by atoms with Crippen LogP contribution in [0, 0.1) is 6.92 Å². The second-order valence-corrected chi connectivity index (χ2v) is 4.84. The lowest BCUT2D eigenvalue weighted by molar-refractivity contribution is -0.144. The molecule has 90 valence electrons. The van der Waals surface area contributed by atoms with Crippen LogP contribution in [0.25, 0.3) is 0 Å². The van der Waals surface area contributed by atoms with Gasteiger partial charge in [-0.15, -0.1) is 11.3 Å². The average molecular weight is 242 g/mol. The fourth-order valence-corrected chi connectivity index (χ4v) is 2.12. The number of esters is 1. The highest BCUT2D eigenvalue weighted by Crippen LogP contribution is 2.23. The minimum absolute atomic E-state index is 0.00370. The van der Waals surface area contributed by atoms with E-state index in [0.29, 0.717) is 13.0 Å². The lowest BCUT2D eigenvalue weighted by Crippen LogP contribution is -2.24. The number of aromatic nitrogens is 1. The second kappa shape index (κ2) is 5.96. The summed E-state index contributed by atoms with van der Waals surface area (Å²) in [6, 6.07) is 0.00370. The van der Waals surface area contributed by atoms with Crippen LogP contribution in [0.2, 0.25) is 0 Å². The van der Waals surface area contributed by atoms with Crippen LogP contribution < -0.4 is 0 Å². The van der Waals surface area contributed by atoms with Crippen molar-refractivity contribution in [1.29, 1.82) is 0 Å². The van der Waals surface area contributed by atoms with Crippen molar-refractivity contribution in [2.75, 3.05) is 20.7 Å². The van der Waals surface area contributed by atoms with Crippen molar-refractivity contribution in [2.45, 2.75) is 26.3 Å². The van der Waals surface area contributed by atoms with Crippen LogP contribution in [-0.2, 0) is 9.53 Å². The van der Waals surface area contributed by atoms with Crippen LogP contribution in [0.5, 0.6) is 0 Å². The summed E-state index contributed by atoms with van der Waals surface area (Å²) in [7, 11) is 3.89. The van der Waals surface area contributed by atoms with Gasteiger partial charge in [-0.05, 0) is 27.9 Å². The largest absolute Gasteiger partial charge is 0.466 e. The summed E-state index contributed by atoms with van der Waals surface area (Å²) in [5.41, 5.74) is 0.945. The van der Waals surface area contributed by atoms with Crippen molar-refractivity contribution in [3.05, 3.63) is 16.1 Å². The first-order chi connectivity index (χ1) is 7.54. The molecule has 5 heteroatoms. The van der Waals surface area contributed by atoms with Gasteiger partial charge in [-0.3, -0.25) is 4.79 Å². The number of carbonyl (C=O) groups is 1. The molecule has 0 saturated carbocycles. The minimum Gasteiger partial charge on any atom is -0.466 e. The first-order valence-electron chi connectivity index (χ1n) is 5.28. The Hall–Kier alpha value is -0.940. The summed E-state index contributed by atoms with van der Waals surface area (Å²) < 4.78 is 4.96. The van der Waals surface area contributed by atoms with Gasteiger partial charge in [0.2, 0.25) is 0 Å². The van der Waals surface area contributed by atoms with Crippen molar-refractivity contribution in [3.63, 3.8) is 0 Å². The zero-order valence-electron chi connectivity index (χ0n) is 10.2. The Morgan fingerprint density at radius 3 is 2.75 bits per heavy atom. The molecule has 16 heavy (non-hydrogen) atoms. The molecule has 0 radical (unpaired) electrons. The molecule has 0 spiro atoms. The van der Waals surface area contributed by atoms with E-state index in [2.05, 4.69) is 4.98 Å². The smallest absolute Gasteiger partial charge is 0.307 e. The Balaban J connectivity index is 2.72. The Labute approximate surface area is 100 Å². The summed E-state index contributed by atoms with van der Waals surface area (Å²) in [6.07, 6.45) is 0.351. The van der Waals surface area contributed by atoms with Crippen LogP contribution in [-0.4, -0.2) is 36.6 Å². The number of ether oxygens (including phenoxy) is 1. The highest BCUT2D eigenvalue weighted by atomic mass is 32.1. The molecule has 0 amide bonds. The molecule has 1 unspecified atom stereocenters. The van der Waals surface area contributed by atoms with Gasteiger partial charge in [-0.1, -0.05) is 0 Å². The van der Waals surface area contributed by atoms with Crippen LogP contribution in [0.15, 0.2) is 5.38 Å². The van der Waals surface area contributed by atoms with Crippen molar-refractivity contribution >= 4 is 17.3 Å². The Kier molecular flexibility index (Phi) is 4.89. The number of rotatable bonds is 5. The van der Waals surface area contributed by atoms with Crippen LogP contribution in [0.3, 0.4) is 0 Å². The summed E-state index contributed by atoms with van der Waals surface area (Å²) in [6.45, 7) is 4.20. The molecule has 1 atom stereocenters. The normalized spacial score (nSPS) is 12.8. The molecule has 1 rings (SSSR count). The van der Waals surface area contributed by atoms with E-state index < -0.39 is 0 Å². The van der Waals surface area contributed by atoms with Gasteiger partial charge in [0.15, 0.2) is 0 Å². The van der Waals surface area contributed by atoms with E-state index in [4.69, 9.17) is 4.74 Å². The maximum Gasteiger partial charge on any atom is 0.307 e. The maximum atomic E-state index is 11.5. The van der Waals surface area contributed by atoms with Crippen molar-refractivity contribution < 1.29 is 9.53 Å². The maximum absolute atomic E-state index is 11.5. The predicted octanol–water partition coefficient (Wildman–Crippen LogP) is 2.01. The van der Waals surface area contributed by atoms with E-state index in [1.165, 1.54) is 0 Å². The highest BCUT2D eigenvalue weighted by molar-refractivity contribution is 7.09. The lowest BCUT2D eigenvalue weighted by atomic mass is 10.1. The number of nitrogens with zero attached hydrogens (tertiary/aromatic N) is 2. The molecule has 4 nitrogen and oxygen atoms in total. The average Bonchev–Trinajstić information content (AvgIpc) is 2.61. The summed E-state index contributed by atoms with van der Waals surface area (Å²) in [4.78, 5) is 17.9. The SMILES string of the molecule is CCOC(=O)CC(c1csc(C)n1)N(C)C. The molecule has 0 N–H and O–H groups in total. The van der Waals surface area contributed by atoms with Crippen LogP contribution >= 0.6 is 11.3 Å². The quantitative estimate of drug-likeness (QED) is 0.741. The fourth-order valence-electron chi connectivity index (χ4n) is 1.46. The first kappa shape index (κ1) is 13.1. The molecular weight excluding hydrogens is 224 g/mol. The van der Waals surface area contributed by atoms with Gasteiger partial charge in [-0.25, -0.2) is 4.98 Å². The summed E-state index contributed by atoms with van der Waals surface area (Å²) >= 11 is 1.60. The molecule has 0 saturated heterocycles. The molecule has 0 aliphatic carbocycles. The molecule has 0 bridgehead atoms. The molecule has 0 aromatic carbocycles. The number of hydrogen-bond acceptors (Lipinski definition) is 5. The molecule has 1 heterocycles. The number of hydrogen-bond donors (Lipinski definition) is 0. The van der Waals surface area contributed by atoms with E-state index >= 15 is 0 Å². The lowest BCUT2D eigenvalue weighted by Gasteiger charge is -2.21. The van der Waals surface area contributed by atoms with Gasteiger partial charge in [0.25, 0.3) is 0 Å². The third-order valence-electron chi connectivity index (χ3n) is 2.27. The van der Waals surface area contributed by atoms with Crippen molar-refractivity contribution in [1.82, 2.24) is 9.88 Å². The Morgan fingerprint density at radius 2 is 2.31 bits per heavy atom. The monoisotopic (exact) mass is 242 g/mol. The van der Waals surface area contributed by atoms with E-state index in [-0.39, 0.29) is 12.0 Å². The van der Waals surface area contributed by atoms with Gasteiger partial charge in [0.1, 0.15) is 0 Å². The Bertz CT molecular complexity index is 350. The second-order valence-electron chi connectivity index (χ2n) is 3.78. The molecule has 1 aromatic rings. The highest BCUT2D eigenvalue weighted by Gasteiger charge is 2.21. The number of thiazole rings is 1. The third kappa shape index (κ3) is 3.57. The van der Waals surface area contributed by atoms with Crippen LogP contribution in [0.4, 0.5) is 0 Å². The first-order valence-corrected chi connectivity index (χ1v) is 6.16. The predicted molar refractivity (Wildman–Crippen MR) is 64.5 cm³/mol. The zero-order valence-corrected chi connectivity index (χ0v) is 11.0. The standard InChI is InChI=1S/C11H18N2O2S/c1-5-15-11(14)6-10(13(3)4)9-7-16-8(2)12-9/h7,10H,5-6H2,1-4H3. The van der Waals surface area contributed by atoms with Gasteiger partial charge < -0.3 is 9.64 Å². The molecule has 0 fully saturated rings. The minimum atomic E-state index is -0.174. The van der Waals surface area contributed by atoms with E-state index in [1.54, 1.807) is 11.3 Å². The molecule has 0 aliphatic heterocycles.